The second kappa shape index (κ2) is 3.36. The first-order valence-electron chi connectivity index (χ1n) is 1.70. The van der Waals surface area contributed by atoms with Crippen molar-refractivity contribution in [3.8, 4) is 0 Å². The van der Waals surface area contributed by atoms with Crippen molar-refractivity contribution in [2.45, 2.75) is 25.5 Å². The quantitative estimate of drug-likeness (QED) is 0.332. The second-order valence-electron chi connectivity index (χ2n) is 2.11. The Morgan fingerprint density at radius 2 is 1.17 bits per heavy atom. The van der Waals surface area contributed by atoms with Crippen LogP contribution in [0.3, 0.4) is 0 Å². The van der Waals surface area contributed by atoms with Crippen LogP contribution in [-0.4, -0.2) is 34.3 Å². The smallest absolute Gasteiger partial charge is 0 e. The summed E-state index contributed by atoms with van der Waals surface area (Å²) >= 11 is 4.83. The van der Waals surface area contributed by atoms with Crippen LogP contribution >= 0.6 is 0 Å². The summed E-state index contributed by atoms with van der Waals surface area (Å²) in [5.41, 5.74) is 0. The van der Waals surface area contributed by atoms with Crippen LogP contribution in [0, 0.1) is 0 Å². The Morgan fingerprint density at radius 1 is 1.17 bits per heavy atom. The Morgan fingerprint density at radius 3 is 1.17 bits per heavy atom. The van der Waals surface area contributed by atoms with Crippen LogP contribution in [0.25, 0.3) is 0 Å². The normalized spacial score (nSPS) is 10.0. The molecule has 2 heteroatoms. The van der Waals surface area contributed by atoms with E-state index >= 15 is 0 Å². The molecule has 0 aliphatic rings. The van der Waals surface area contributed by atoms with Crippen molar-refractivity contribution < 1.29 is 0 Å². The van der Waals surface area contributed by atoms with Gasteiger partial charge in [0, 0.05) is 29.6 Å². The third-order valence-corrected chi connectivity index (χ3v) is 0. The van der Waals surface area contributed by atoms with Gasteiger partial charge in [-0.2, -0.15) is 4.75 Å². The van der Waals surface area contributed by atoms with Crippen molar-refractivity contribution in [2.24, 2.45) is 0 Å². The third-order valence-electron chi connectivity index (χ3n) is 0. The van der Waals surface area contributed by atoms with E-state index in [1.165, 1.54) is 0 Å². The molecule has 0 nitrogen and oxygen atoms in total. The first-order chi connectivity index (χ1) is 2.00. The summed E-state index contributed by atoms with van der Waals surface area (Å²) in [7, 11) is 0. The molecule has 0 amide bonds. The minimum atomic E-state index is 0. The maximum atomic E-state index is 4.83. The van der Waals surface area contributed by atoms with E-state index in [0.29, 0.717) is 0 Å². The van der Waals surface area contributed by atoms with Gasteiger partial charge in [0.25, 0.3) is 0 Å². The van der Waals surface area contributed by atoms with Crippen LogP contribution in [0.15, 0.2) is 0 Å². The van der Waals surface area contributed by atoms with Crippen LogP contribution < -0.4 is 0 Å². The summed E-state index contributed by atoms with van der Waals surface area (Å²) in [6, 6.07) is 0. The predicted molar refractivity (Wildman–Crippen MR) is 32.9 cm³/mol. The standard InChI is InChI=1S/C4H10S.Na/c1-4(2,3)5;/h5H,1-3H3;/p-1. The zero-order chi connectivity index (χ0) is 4.50. The molecule has 0 unspecified atom stereocenters. The molecule has 0 aromatic heterocycles. The Hall–Kier alpha value is 1.35. The number of hydrogen-bond donors (Lipinski definition) is 0. The summed E-state index contributed by atoms with van der Waals surface area (Å²) in [6.45, 7) is 6.01. The van der Waals surface area contributed by atoms with E-state index in [1.807, 2.05) is 20.8 Å². The molecule has 6 heavy (non-hydrogen) atoms. The molecule has 0 atom stereocenters. The zero-order valence-electron chi connectivity index (χ0n) is 4.91. The number of hydrogen-bond acceptors (Lipinski definition) is 1. The molecule has 0 spiro atoms. The van der Waals surface area contributed by atoms with Crippen molar-refractivity contribution in [2.75, 3.05) is 0 Å². The Bertz CT molecular complexity index is 23.0. The molecule has 0 aliphatic carbocycles. The largest absolute Gasteiger partial charge is 0.787 e. The molecule has 0 saturated carbocycles. The average Bonchev–Trinajstić information content (AvgIpc) is 0.722. The topological polar surface area (TPSA) is 0 Å². The minimum absolute atomic E-state index is 0. The molecule has 33 valence electrons. The van der Waals surface area contributed by atoms with Crippen LogP contribution in [0.4, 0.5) is 0 Å². The first-order valence-corrected chi connectivity index (χ1v) is 2.11. The van der Waals surface area contributed by atoms with Crippen LogP contribution in [-0.2, 0) is 12.6 Å². The van der Waals surface area contributed by atoms with E-state index < -0.39 is 0 Å². The molecule has 0 heterocycles. The van der Waals surface area contributed by atoms with Crippen LogP contribution in [0.1, 0.15) is 20.8 Å². The van der Waals surface area contributed by atoms with Crippen molar-refractivity contribution in [3.63, 3.8) is 0 Å². The Balaban J connectivity index is 0. The predicted octanol–water partition coefficient (Wildman–Crippen LogP) is 0.951. The zero-order valence-corrected chi connectivity index (χ0v) is 7.72. The fourth-order valence-electron chi connectivity index (χ4n) is 0. The maximum Gasteiger partial charge on any atom is 0 e. The van der Waals surface area contributed by atoms with Crippen molar-refractivity contribution in [3.05, 3.63) is 0 Å². The van der Waals surface area contributed by atoms with E-state index in [0.717, 1.165) is 0 Å². The molecule has 0 aromatic rings. The first kappa shape index (κ1) is 10.4. The Kier molecular flexibility index (Phi) is 5.81. The van der Waals surface area contributed by atoms with Gasteiger partial charge in [-0.05, 0) is 0 Å². The van der Waals surface area contributed by atoms with Crippen LogP contribution in [0.2, 0.25) is 0 Å². The van der Waals surface area contributed by atoms with Crippen molar-refractivity contribution in [1.29, 1.82) is 0 Å². The molecule has 0 rings (SSSR count). The van der Waals surface area contributed by atoms with Gasteiger partial charge >= 0.3 is 0 Å². The van der Waals surface area contributed by atoms with E-state index in [1.54, 1.807) is 0 Å². The van der Waals surface area contributed by atoms with Gasteiger partial charge < -0.3 is 12.6 Å². The summed E-state index contributed by atoms with van der Waals surface area (Å²) in [5.74, 6) is 0. The van der Waals surface area contributed by atoms with E-state index in [2.05, 4.69) is 0 Å². The number of rotatable bonds is 0. The maximum absolute atomic E-state index is 4.83. The van der Waals surface area contributed by atoms with Gasteiger partial charge in [-0.3, -0.25) is 0 Å². The monoisotopic (exact) mass is 112 g/mol. The van der Waals surface area contributed by atoms with E-state index in [9.17, 15) is 0 Å². The summed E-state index contributed by atoms with van der Waals surface area (Å²) in [5, 5.41) is 0. The Labute approximate surface area is 67.4 Å². The van der Waals surface area contributed by atoms with Gasteiger partial charge in [0.15, 0.2) is 0 Å². The molecule has 0 saturated heterocycles. The summed E-state index contributed by atoms with van der Waals surface area (Å²) < 4.78 is 0.0833. The molecular weight excluding hydrogens is 103 g/mol. The van der Waals surface area contributed by atoms with E-state index in [-0.39, 0.29) is 34.3 Å². The molecular formula is C4H9NaS-. The summed E-state index contributed by atoms with van der Waals surface area (Å²) in [6.07, 6.45) is 0. The average molecular weight is 112 g/mol. The molecule has 0 bridgehead atoms. The molecule has 0 fully saturated rings. The van der Waals surface area contributed by atoms with Crippen molar-refractivity contribution >= 4 is 42.2 Å². The van der Waals surface area contributed by atoms with Gasteiger partial charge in [-0.15, -0.1) is 0 Å². The van der Waals surface area contributed by atoms with Gasteiger partial charge in [-0.1, -0.05) is 20.8 Å². The SMILES string of the molecule is CC(C)(C)[S-].[Na]. The molecule has 0 aromatic carbocycles. The fourth-order valence-corrected chi connectivity index (χ4v) is 0. The minimum Gasteiger partial charge on any atom is -0.787 e. The third kappa shape index (κ3) is 55.5. The van der Waals surface area contributed by atoms with Gasteiger partial charge in [0.2, 0.25) is 0 Å². The van der Waals surface area contributed by atoms with Crippen LogP contribution in [0.5, 0.6) is 0 Å². The van der Waals surface area contributed by atoms with Crippen molar-refractivity contribution in [1.82, 2.24) is 0 Å². The second-order valence-corrected chi connectivity index (χ2v) is 3.34. The van der Waals surface area contributed by atoms with Gasteiger partial charge in [-0.25, -0.2) is 0 Å². The summed E-state index contributed by atoms with van der Waals surface area (Å²) in [4.78, 5) is 0. The van der Waals surface area contributed by atoms with Gasteiger partial charge in [0.1, 0.15) is 0 Å². The molecule has 1 radical (unpaired) electrons. The molecule has 0 N–H and O–H groups in total. The van der Waals surface area contributed by atoms with Gasteiger partial charge in [0.05, 0.1) is 0 Å². The molecule has 0 aliphatic heterocycles. The van der Waals surface area contributed by atoms with E-state index in [4.69, 9.17) is 12.6 Å². The fraction of sp³-hybridized carbons (Fsp3) is 1.00.